The fourth-order valence-electron chi connectivity index (χ4n) is 4.23. The van der Waals surface area contributed by atoms with Gasteiger partial charge in [0.25, 0.3) is 0 Å². The first kappa shape index (κ1) is 23.4. The van der Waals surface area contributed by atoms with Crippen molar-refractivity contribution < 1.29 is 24.2 Å². The molecule has 0 spiro atoms. The maximum Gasteiger partial charge on any atom is 0.337 e. The number of anilines is 1. The highest BCUT2D eigenvalue weighted by Crippen LogP contribution is 2.29. The lowest BCUT2D eigenvalue weighted by molar-refractivity contribution is -0.115. The Balaban J connectivity index is 1.30. The molecule has 0 heterocycles. The van der Waals surface area contributed by atoms with Crippen LogP contribution in [0, 0.1) is 5.92 Å². The number of carbonyl (C=O) groups is 2. The Morgan fingerprint density at radius 2 is 1.56 bits per heavy atom. The summed E-state index contributed by atoms with van der Waals surface area (Å²) >= 11 is 0. The van der Waals surface area contributed by atoms with Gasteiger partial charge < -0.3 is 19.9 Å². The number of hydrogen-bond donors (Lipinski definition) is 2. The molecule has 2 unspecified atom stereocenters. The van der Waals surface area contributed by atoms with Crippen LogP contribution < -0.4 is 14.8 Å². The van der Waals surface area contributed by atoms with Crippen molar-refractivity contribution in [3.63, 3.8) is 0 Å². The second-order valence-corrected chi connectivity index (χ2v) is 8.80. The van der Waals surface area contributed by atoms with Gasteiger partial charge in [-0.15, -0.1) is 0 Å². The predicted molar refractivity (Wildman–Crippen MR) is 131 cm³/mol. The van der Waals surface area contributed by atoms with Gasteiger partial charge in [0.15, 0.2) is 0 Å². The minimum atomic E-state index is -1.08. The van der Waals surface area contributed by atoms with Crippen LogP contribution in [0.15, 0.2) is 72.8 Å². The minimum Gasteiger partial charge on any atom is -0.490 e. The highest BCUT2D eigenvalue weighted by Gasteiger charge is 2.20. The number of ether oxygens (including phenoxy) is 2. The second kappa shape index (κ2) is 10.9. The van der Waals surface area contributed by atoms with Gasteiger partial charge in [-0.3, -0.25) is 4.79 Å². The lowest BCUT2D eigenvalue weighted by Crippen LogP contribution is -2.23. The van der Waals surface area contributed by atoms with Gasteiger partial charge in [-0.1, -0.05) is 37.6 Å². The van der Waals surface area contributed by atoms with Gasteiger partial charge in [0.05, 0.1) is 23.8 Å². The van der Waals surface area contributed by atoms with E-state index in [0.717, 1.165) is 30.1 Å². The Labute approximate surface area is 199 Å². The van der Waals surface area contributed by atoms with Crippen molar-refractivity contribution in [1.29, 1.82) is 0 Å². The zero-order valence-corrected chi connectivity index (χ0v) is 19.2. The first-order chi connectivity index (χ1) is 16.5. The summed E-state index contributed by atoms with van der Waals surface area (Å²) in [6, 6.07) is 21.2. The number of nitrogens with one attached hydrogen (secondary N) is 1. The average molecular weight is 460 g/mol. The third-order valence-corrected chi connectivity index (χ3v) is 5.97. The average Bonchev–Trinajstić information content (AvgIpc) is 2.82. The molecule has 1 aliphatic rings. The van der Waals surface area contributed by atoms with Crippen molar-refractivity contribution in [2.24, 2.45) is 5.92 Å². The van der Waals surface area contributed by atoms with E-state index in [2.05, 4.69) is 12.2 Å². The minimum absolute atomic E-state index is 0.0596. The van der Waals surface area contributed by atoms with Gasteiger partial charge in [-0.05, 0) is 79.3 Å². The van der Waals surface area contributed by atoms with Crippen molar-refractivity contribution in [3.8, 4) is 17.2 Å². The van der Waals surface area contributed by atoms with E-state index in [4.69, 9.17) is 9.47 Å². The Morgan fingerprint density at radius 1 is 0.912 bits per heavy atom. The molecule has 1 saturated carbocycles. The molecule has 1 aliphatic carbocycles. The molecule has 0 saturated heterocycles. The van der Waals surface area contributed by atoms with E-state index < -0.39 is 5.97 Å². The van der Waals surface area contributed by atoms with Gasteiger partial charge in [-0.25, -0.2) is 4.79 Å². The van der Waals surface area contributed by atoms with Crippen LogP contribution >= 0.6 is 0 Å². The number of amides is 1. The largest absolute Gasteiger partial charge is 0.490 e. The van der Waals surface area contributed by atoms with E-state index in [1.165, 1.54) is 18.9 Å². The third kappa shape index (κ3) is 6.38. The van der Waals surface area contributed by atoms with Gasteiger partial charge in [-0.2, -0.15) is 0 Å². The third-order valence-electron chi connectivity index (χ3n) is 5.97. The lowest BCUT2D eigenvalue weighted by Gasteiger charge is -2.27. The van der Waals surface area contributed by atoms with E-state index in [-0.39, 0.29) is 29.7 Å². The highest BCUT2D eigenvalue weighted by atomic mass is 16.5. The van der Waals surface area contributed by atoms with E-state index in [9.17, 15) is 14.7 Å². The number of aromatic carboxylic acids is 1. The van der Waals surface area contributed by atoms with Gasteiger partial charge in [0, 0.05) is 0 Å². The van der Waals surface area contributed by atoms with Crippen LogP contribution in [0.1, 0.15) is 48.5 Å². The molecule has 6 heteroatoms. The molecule has 1 fully saturated rings. The van der Waals surface area contributed by atoms with Gasteiger partial charge >= 0.3 is 5.97 Å². The molecule has 0 aliphatic heterocycles. The first-order valence-corrected chi connectivity index (χ1v) is 11.6. The second-order valence-electron chi connectivity index (χ2n) is 8.80. The van der Waals surface area contributed by atoms with Gasteiger partial charge in [0.1, 0.15) is 17.2 Å². The van der Waals surface area contributed by atoms with Crippen LogP contribution in [-0.4, -0.2) is 23.1 Å². The molecule has 4 rings (SSSR count). The van der Waals surface area contributed by atoms with Crippen molar-refractivity contribution in [3.05, 3.63) is 83.9 Å². The van der Waals surface area contributed by atoms with Gasteiger partial charge in [0.2, 0.25) is 5.91 Å². The number of benzene rings is 3. The molecule has 0 bridgehead atoms. The van der Waals surface area contributed by atoms with E-state index in [0.29, 0.717) is 11.5 Å². The number of carbonyl (C=O) groups excluding carboxylic acids is 1. The quantitative estimate of drug-likeness (QED) is 0.412. The maximum absolute atomic E-state index is 12.4. The van der Waals surface area contributed by atoms with E-state index in [1.807, 2.05) is 48.5 Å². The zero-order chi connectivity index (χ0) is 23.9. The summed E-state index contributed by atoms with van der Waals surface area (Å²) in [5.41, 5.74) is 1.14. The summed E-state index contributed by atoms with van der Waals surface area (Å²) < 4.78 is 12.0. The van der Waals surface area contributed by atoms with Crippen LogP contribution in [0.4, 0.5) is 5.69 Å². The molecule has 0 aromatic heterocycles. The molecule has 2 N–H and O–H groups in total. The monoisotopic (exact) mass is 459 g/mol. The Bertz CT molecular complexity index is 1120. The number of rotatable bonds is 8. The molecular formula is C28H29NO5. The molecule has 1 amide bonds. The number of para-hydroxylation sites is 1. The molecule has 34 heavy (non-hydrogen) atoms. The van der Waals surface area contributed by atoms with Crippen LogP contribution in [0.25, 0.3) is 0 Å². The Morgan fingerprint density at radius 3 is 2.24 bits per heavy atom. The summed E-state index contributed by atoms with van der Waals surface area (Å²) in [5, 5.41) is 11.9. The lowest BCUT2D eigenvalue weighted by atomic mass is 9.89. The zero-order valence-electron chi connectivity index (χ0n) is 19.2. The smallest absolute Gasteiger partial charge is 0.337 e. The fraction of sp³-hybridized carbons (Fsp3) is 0.286. The summed E-state index contributed by atoms with van der Waals surface area (Å²) in [6.45, 7) is 2.28. The normalized spacial score (nSPS) is 17.6. The van der Waals surface area contributed by atoms with Crippen molar-refractivity contribution in [1.82, 2.24) is 0 Å². The molecule has 6 nitrogen and oxygen atoms in total. The van der Waals surface area contributed by atoms with Crippen molar-refractivity contribution >= 4 is 17.6 Å². The van der Waals surface area contributed by atoms with Crippen molar-refractivity contribution in [2.75, 3.05) is 5.32 Å². The number of hydrogen-bond acceptors (Lipinski definition) is 4. The molecule has 3 aromatic carbocycles. The molecule has 176 valence electrons. The number of carboxylic acids is 1. The predicted octanol–water partition coefficient (Wildman–Crippen LogP) is 6.32. The van der Waals surface area contributed by atoms with E-state index >= 15 is 0 Å². The SMILES string of the molecule is CC1CCCC(Oc2ccc(Oc3ccc(CC(=O)Nc4ccccc4C(=O)O)cc3)cc2)C1. The Kier molecular flexibility index (Phi) is 7.48. The van der Waals surface area contributed by atoms with Crippen LogP contribution in [0.2, 0.25) is 0 Å². The molecule has 3 aromatic rings. The van der Waals surface area contributed by atoms with Crippen LogP contribution in [-0.2, 0) is 11.2 Å². The summed E-state index contributed by atoms with van der Waals surface area (Å²) in [7, 11) is 0. The van der Waals surface area contributed by atoms with Crippen LogP contribution in [0.3, 0.4) is 0 Å². The van der Waals surface area contributed by atoms with Crippen molar-refractivity contribution in [2.45, 2.75) is 45.1 Å². The standard InChI is InChI=1S/C28H29NO5/c1-19-5-4-6-24(17-19)34-23-15-13-22(14-16-23)33-21-11-9-20(10-12-21)18-27(30)29-26-8-3-2-7-25(26)28(31)32/h2-3,7-16,19,24H,4-6,17-18H2,1H3,(H,29,30)(H,31,32). The summed E-state index contributed by atoms with van der Waals surface area (Å²) in [4.78, 5) is 23.7. The summed E-state index contributed by atoms with van der Waals surface area (Å²) in [5.74, 6) is 1.58. The van der Waals surface area contributed by atoms with E-state index in [1.54, 1.807) is 18.2 Å². The fourth-order valence-corrected chi connectivity index (χ4v) is 4.23. The Hall–Kier alpha value is -3.80. The topological polar surface area (TPSA) is 84.9 Å². The molecule has 2 atom stereocenters. The maximum atomic E-state index is 12.4. The highest BCUT2D eigenvalue weighted by molar-refractivity contribution is 6.00. The summed E-state index contributed by atoms with van der Waals surface area (Å²) in [6.07, 6.45) is 5.14. The number of carboxylic acid groups (broad SMARTS) is 1. The molecule has 0 radical (unpaired) electrons. The molecular weight excluding hydrogens is 430 g/mol. The van der Waals surface area contributed by atoms with Crippen LogP contribution in [0.5, 0.6) is 17.2 Å². The first-order valence-electron chi connectivity index (χ1n) is 11.6.